The molecule has 3 N–H and O–H groups in total. The fourth-order valence-corrected chi connectivity index (χ4v) is 2.70. The SMILES string of the molecule is CC1=C(C(=O)CC(C)(C)C)C=CC2(C)CC12.N.[HH]. The molecule has 2 aliphatic rings. The van der Waals surface area contributed by atoms with Crippen LogP contribution in [-0.4, -0.2) is 5.78 Å². The molecular formula is C15H27NO. The highest BCUT2D eigenvalue weighted by molar-refractivity contribution is 5.99. The number of Topliss-reactive ketones (excluding diaryl/α,β-unsaturated/α-hetero) is 1. The normalized spacial score (nSPS) is 30.8. The standard InChI is InChI=1S/C15H22O.H3N.H2/c1-10-11(13(16)9-14(2,3)4)6-7-15(5)8-12(10)15;;/h6-7,12H,8-9H2,1-5H3;1H3;1H. The summed E-state index contributed by atoms with van der Waals surface area (Å²) in [7, 11) is 0. The van der Waals surface area contributed by atoms with E-state index in [9.17, 15) is 4.79 Å². The van der Waals surface area contributed by atoms with E-state index in [0.717, 1.165) is 5.57 Å². The summed E-state index contributed by atoms with van der Waals surface area (Å²) in [5, 5.41) is 0. The highest BCUT2D eigenvalue weighted by Gasteiger charge is 2.51. The van der Waals surface area contributed by atoms with Gasteiger partial charge in [0.2, 0.25) is 0 Å². The number of fused-ring (bicyclic) bond motifs is 1. The molecule has 17 heavy (non-hydrogen) atoms. The second-order valence-corrected chi connectivity index (χ2v) is 6.85. The van der Waals surface area contributed by atoms with Crippen LogP contribution in [-0.2, 0) is 4.79 Å². The molecule has 2 rings (SSSR count). The van der Waals surface area contributed by atoms with Crippen molar-refractivity contribution in [3.05, 3.63) is 23.3 Å². The van der Waals surface area contributed by atoms with E-state index < -0.39 is 0 Å². The van der Waals surface area contributed by atoms with Crippen LogP contribution in [0.2, 0.25) is 0 Å². The number of rotatable bonds is 2. The Morgan fingerprint density at radius 3 is 2.65 bits per heavy atom. The van der Waals surface area contributed by atoms with Crippen LogP contribution >= 0.6 is 0 Å². The van der Waals surface area contributed by atoms with Crippen molar-refractivity contribution in [2.24, 2.45) is 16.7 Å². The zero-order valence-electron chi connectivity index (χ0n) is 11.8. The molecule has 2 unspecified atom stereocenters. The summed E-state index contributed by atoms with van der Waals surface area (Å²) >= 11 is 0. The van der Waals surface area contributed by atoms with Crippen LogP contribution in [0.25, 0.3) is 0 Å². The van der Waals surface area contributed by atoms with E-state index in [1.54, 1.807) is 0 Å². The van der Waals surface area contributed by atoms with Crippen molar-refractivity contribution in [3.63, 3.8) is 0 Å². The predicted octanol–water partition coefficient (Wildman–Crippen LogP) is 4.31. The molecule has 2 atom stereocenters. The van der Waals surface area contributed by atoms with Gasteiger partial charge in [-0.25, -0.2) is 0 Å². The van der Waals surface area contributed by atoms with Crippen molar-refractivity contribution in [1.29, 1.82) is 0 Å². The molecule has 0 heterocycles. The first-order valence-electron chi connectivity index (χ1n) is 6.16. The topological polar surface area (TPSA) is 52.1 Å². The lowest BCUT2D eigenvalue weighted by Gasteiger charge is -2.20. The van der Waals surface area contributed by atoms with Crippen molar-refractivity contribution < 1.29 is 6.22 Å². The van der Waals surface area contributed by atoms with Crippen LogP contribution in [0, 0.1) is 16.7 Å². The van der Waals surface area contributed by atoms with Crippen molar-refractivity contribution in [2.45, 2.75) is 47.5 Å². The number of carbonyl (C=O) groups is 1. The van der Waals surface area contributed by atoms with Gasteiger partial charge < -0.3 is 6.15 Å². The van der Waals surface area contributed by atoms with Gasteiger partial charge in [-0.15, -0.1) is 0 Å². The van der Waals surface area contributed by atoms with Gasteiger partial charge in [0.1, 0.15) is 0 Å². The van der Waals surface area contributed by atoms with Crippen LogP contribution < -0.4 is 6.15 Å². The molecule has 0 amide bonds. The molecule has 0 aliphatic heterocycles. The van der Waals surface area contributed by atoms with E-state index >= 15 is 0 Å². The minimum absolute atomic E-state index is 0. The van der Waals surface area contributed by atoms with Crippen LogP contribution in [0.5, 0.6) is 0 Å². The molecule has 0 aromatic heterocycles. The third-order valence-corrected chi connectivity index (χ3v) is 3.85. The third-order valence-electron chi connectivity index (χ3n) is 3.85. The Kier molecular flexibility index (Phi) is 3.41. The van der Waals surface area contributed by atoms with Gasteiger partial charge in [-0.1, -0.05) is 45.4 Å². The number of carbonyl (C=O) groups excluding carboxylic acids is 1. The van der Waals surface area contributed by atoms with Gasteiger partial charge in [0.05, 0.1) is 0 Å². The van der Waals surface area contributed by atoms with Gasteiger partial charge >= 0.3 is 0 Å². The quantitative estimate of drug-likeness (QED) is 0.778. The minimum Gasteiger partial charge on any atom is -0.344 e. The van der Waals surface area contributed by atoms with Crippen molar-refractivity contribution in [1.82, 2.24) is 6.15 Å². The van der Waals surface area contributed by atoms with Crippen LogP contribution in [0.3, 0.4) is 0 Å². The summed E-state index contributed by atoms with van der Waals surface area (Å²) in [6, 6.07) is 0. The maximum Gasteiger partial charge on any atom is 0.163 e. The average molecular weight is 237 g/mol. The fourth-order valence-electron chi connectivity index (χ4n) is 2.70. The predicted molar refractivity (Wildman–Crippen MR) is 74.3 cm³/mol. The van der Waals surface area contributed by atoms with Gasteiger partial charge in [-0.2, -0.15) is 0 Å². The van der Waals surface area contributed by atoms with E-state index in [-0.39, 0.29) is 13.0 Å². The minimum atomic E-state index is 0. The summed E-state index contributed by atoms with van der Waals surface area (Å²) in [6.45, 7) is 10.8. The smallest absolute Gasteiger partial charge is 0.163 e. The molecule has 1 saturated carbocycles. The Morgan fingerprint density at radius 2 is 2.12 bits per heavy atom. The largest absolute Gasteiger partial charge is 0.344 e. The van der Waals surface area contributed by atoms with Gasteiger partial charge in [0.15, 0.2) is 5.78 Å². The van der Waals surface area contributed by atoms with Crippen LogP contribution in [0.1, 0.15) is 48.9 Å². The molecule has 0 saturated heterocycles. The second kappa shape index (κ2) is 4.09. The van der Waals surface area contributed by atoms with E-state index in [1.807, 2.05) is 0 Å². The van der Waals surface area contributed by atoms with Gasteiger partial charge in [-0.3, -0.25) is 4.79 Å². The lowest BCUT2D eigenvalue weighted by atomic mass is 9.83. The number of ketones is 1. The molecular weight excluding hydrogens is 210 g/mol. The molecule has 0 aromatic rings. The molecule has 2 aliphatic carbocycles. The molecule has 0 spiro atoms. The van der Waals surface area contributed by atoms with E-state index in [2.05, 4.69) is 46.8 Å². The second-order valence-electron chi connectivity index (χ2n) is 6.85. The summed E-state index contributed by atoms with van der Waals surface area (Å²) in [4.78, 5) is 12.2. The van der Waals surface area contributed by atoms with Crippen LogP contribution in [0.4, 0.5) is 0 Å². The fraction of sp³-hybridized carbons (Fsp3) is 0.667. The Bertz CT molecular complexity index is 403. The van der Waals surface area contributed by atoms with Crippen molar-refractivity contribution >= 4 is 5.78 Å². The maximum atomic E-state index is 12.2. The van der Waals surface area contributed by atoms with Crippen molar-refractivity contribution in [3.8, 4) is 0 Å². The number of hydrogen-bond donors (Lipinski definition) is 1. The lowest BCUT2D eigenvalue weighted by molar-refractivity contribution is -0.116. The highest BCUT2D eigenvalue weighted by Crippen LogP contribution is 2.60. The molecule has 1 fully saturated rings. The van der Waals surface area contributed by atoms with Gasteiger partial charge in [0, 0.05) is 13.4 Å². The van der Waals surface area contributed by atoms with Gasteiger partial charge in [-0.05, 0) is 30.1 Å². The maximum absolute atomic E-state index is 12.2. The molecule has 0 aromatic carbocycles. The first-order chi connectivity index (χ1) is 7.23. The Morgan fingerprint density at radius 1 is 1.53 bits per heavy atom. The monoisotopic (exact) mass is 237 g/mol. The van der Waals surface area contributed by atoms with E-state index in [0.29, 0.717) is 23.5 Å². The molecule has 0 radical (unpaired) electrons. The number of allylic oxidation sites excluding steroid dienone is 4. The third kappa shape index (κ3) is 2.68. The van der Waals surface area contributed by atoms with E-state index in [1.165, 1.54) is 12.0 Å². The molecule has 2 heteroatoms. The summed E-state index contributed by atoms with van der Waals surface area (Å²) < 4.78 is 0. The first-order valence-corrected chi connectivity index (χ1v) is 6.16. The van der Waals surface area contributed by atoms with E-state index in [4.69, 9.17) is 0 Å². The summed E-state index contributed by atoms with van der Waals surface area (Å²) in [5.41, 5.74) is 2.76. The van der Waals surface area contributed by atoms with Crippen LogP contribution in [0.15, 0.2) is 23.3 Å². The Hall–Kier alpha value is -0.890. The average Bonchev–Trinajstić information content (AvgIpc) is 2.75. The molecule has 98 valence electrons. The number of hydrogen-bond acceptors (Lipinski definition) is 2. The summed E-state index contributed by atoms with van der Waals surface area (Å²) in [6.07, 6.45) is 6.17. The van der Waals surface area contributed by atoms with Gasteiger partial charge in [0.25, 0.3) is 0 Å². The molecule has 0 bridgehead atoms. The first kappa shape index (κ1) is 14.2. The zero-order valence-corrected chi connectivity index (χ0v) is 11.8. The zero-order chi connectivity index (χ0) is 12.1. The Labute approximate surface area is 106 Å². The summed E-state index contributed by atoms with van der Waals surface area (Å²) in [5.74, 6) is 0.951. The highest BCUT2D eigenvalue weighted by atomic mass is 16.1. The lowest BCUT2D eigenvalue weighted by Crippen LogP contribution is -2.17. The van der Waals surface area contributed by atoms with Crippen molar-refractivity contribution in [2.75, 3.05) is 0 Å². The molecule has 2 nitrogen and oxygen atoms in total. The Balaban J connectivity index is 0.00000144.